The minimum atomic E-state index is 0. The molecule has 0 spiro atoms. The van der Waals surface area contributed by atoms with Crippen LogP contribution in [0.15, 0.2) is 12.2 Å². The van der Waals surface area contributed by atoms with Gasteiger partial charge in [0.05, 0.1) is 6.07 Å². The maximum atomic E-state index is 7.79. The molecule has 0 aliphatic rings. The fourth-order valence-corrected chi connectivity index (χ4v) is 0. The van der Waals surface area contributed by atoms with Gasteiger partial charge >= 0.3 is 0 Å². The van der Waals surface area contributed by atoms with Crippen LogP contribution in [0.2, 0.25) is 0 Å². The van der Waals surface area contributed by atoms with Crippen molar-refractivity contribution in [2.45, 2.75) is 6.92 Å². The normalized spacial score (nSPS) is 4.67. The van der Waals surface area contributed by atoms with E-state index in [1.54, 1.807) is 6.92 Å². The molecule has 1 nitrogen and oxygen atoms in total. The fraction of sp³-hybridized carbons (Fsp3) is 0.250. The zero-order valence-corrected chi connectivity index (χ0v) is 4.40. The minimum Gasteiger partial charge on any atom is -0.193 e. The van der Waals surface area contributed by atoms with Gasteiger partial charge < -0.3 is 0 Å². The molecule has 0 fully saturated rings. The van der Waals surface area contributed by atoms with E-state index in [-0.39, 0.29) is 17.1 Å². The number of hydrogen-bond donors (Lipinski definition) is 0. The third kappa shape index (κ3) is 9.26. The van der Waals surface area contributed by atoms with Crippen molar-refractivity contribution in [1.29, 1.82) is 5.26 Å². The first-order valence-corrected chi connectivity index (χ1v) is 1.33. The molecule has 0 saturated heterocycles. The quantitative estimate of drug-likeness (QED) is 0.356. The van der Waals surface area contributed by atoms with Gasteiger partial charge in [0, 0.05) is 22.6 Å². The summed E-state index contributed by atoms with van der Waals surface area (Å²) in [7, 11) is 0. The topological polar surface area (TPSA) is 23.8 Å². The van der Waals surface area contributed by atoms with Gasteiger partial charge in [-0.25, -0.2) is 0 Å². The van der Waals surface area contributed by atoms with Crippen molar-refractivity contribution in [3.63, 3.8) is 0 Å². The third-order valence-electron chi connectivity index (χ3n) is 0.191. The molecule has 2 heteroatoms. The second-order valence-corrected chi connectivity index (χ2v) is 0.892. The van der Waals surface area contributed by atoms with E-state index >= 15 is 0 Å². The molecule has 0 amide bonds. The van der Waals surface area contributed by atoms with Gasteiger partial charge in [-0.15, -0.1) is 0 Å². The van der Waals surface area contributed by atoms with Crippen LogP contribution < -0.4 is 0 Å². The molecule has 0 heterocycles. The second-order valence-electron chi connectivity index (χ2n) is 0.892. The summed E-state index contributed by atoms with van der Waals surface area (Å²) in [5.74, 6) is 0. The number of hydrogen-bond acceptors (Lipinski definition) is 1. The molecule has 0 unspecified atom stereocenters. The van der Waals surface area contributed by atoms with Crippen LogP contribution in [0.5, 0.6) is 0 Å². The van der Waals surface area contributed by atoms with Gasteiger partial charge in [0.1, 0.15) is 0 Å². The first-order chi connectivity index (χ1) is 2.27. The fourth-order valence-electron chi connectivity index (χ4n) is 0. The van der Waals surface area contributed by atoms with Crippen LogP contribution in [0.4, 0.5) is 0 Å². The van der Waals surface area contributed by atoms with Crippen molar-refractivity contribution in [2.24, 2.45) is 0 Å². The molecule has 0 N–H and O–H groups in total. The third-order valence-corrected chi connectivity index (χ3v) is 0.191. The van der Waals surface area contributed by atoms with Crippen LogP contribution in [0.3, 0.4) is 0 Å². The summed E-state index contributed by atoms with van der Waals surface area (Å²) in [6, 6.07) is 1.83. The van der Waals surface area contributed by atoms with Gasteiger partial charge in [-0.1, -0.05) is 6.58 Å². The largest absolute Gasteiger partial charge is 0.193 e. The Morgan fingerprint density at radius 1 is 1.83 bits per heavy atom. The molecule has 0 aromatic heterocycles. The molecule has 0 bridgehead atoms. The summed E-state index contributed by atoms with van der Waals surface area (Å²) in [4.78, 5) is 0. The SMILES string of the molecule is C=C(C)C#N.[Cu]. The summed E-state index contributed by atoms with van der Waals surface area (Å²) in [6.07, 6.45) is 0. The Labute approximate surface area is 48.1 Å². The Hall–Kier alpha value is -0.251. The molecule has 1 radical (unpaired) electrons. The molecule has 6 heavy (non-hydrogen) atoms. The molecule has 0 aromatic rings. The average molecular weight is 131 g/mol. The number of rotatable bonds is 0. The van der Waals surface area contributed by atoms with E-state index in [9.17, 15) is 0 Å². The van der Waals surface area contributed by atoms with Crippen LogP contribution in [-0.4, -0.2) is 0 Å². The van der Waals surface area contributed by atoms with Crippen LogP contribution in [-0.2, 0) is 17.1 Å². The van der Waals surface area contributed by atoms with Gasteiger partial charge in [0.15, 0.2) is 0 Å². The Morgan fingerprint density at radius 3 is 2.00 bits per heavy atom. The van der Waals surface area contributed by atoms with E-state index in [0.717, 1.165) is 0 Å². The summed E-state index contributed by atoms with van der Waals surface area (Å²) in [5.41, 5.74) is 0.560. The Balaban J connectivity index is 0. The predicted octanol–water partition coefficient (Wildman–Crippen LogP) is 1.08. The Bertz CT molecular complexity index is 80.0. The summed E-state index contributed by atoms with van der Waals surface area (Å²) < 4.78 is 0. The van der Waals surface area contributed by atoms with Crippen molar-refractivity contribution < 1.29 is 17.1 Å². The number of allylic oxidation sites excluding steroid dienone is 1. The maximum absolute atomic E-state index is 7.79. The summed E-state index contributed by atoms with van der Waals surface area (Å²) in [6.45, 7) is 4.98. The van der Waals surface area contributed by atoms with Crippen molar-refractivity contribution in [3.05, 3.63) is 12.2 Å². The van der Waals surface area contributed by atoms with Gasteiger partial charge in [-0.3, -0.25) is 0 Å². The first kappa shape index (κ1) is 9.23. The second kappa shape index (κ2) is 4.75. The van der Waals surface area contributed by atoms with Gasteiger partial charge in [0.25, 0.3) is 0 Å². The summed E-state index contributed by atoms with van der Waals surface area (Å²) >= 11 is 0. The van der Waals surface area contributed by atoms with Gasteiger partial charge in [-0.05, 0) is 6.92 Å². The number of nitrogens with zero attached hydrogens (tertiary/aromatic N) is 1. The first-order valence-electron chi connectivity index (χ1n) is 1.33. The molecule has 0 aliphatic carbocycles. The predicted molar refractivity (Wildman–Crippen MR) is 20.4 cm³/mol. The van der Waals surface area contributed by atoms with Crippen LogP contribution in [0, 0.1) is 11.3 Å². The van der Waals surface area contributed by atoms with E-state index in [4.69, 9.17) is 5.26 Å². The average Bonchev–Trinajstić information content (AvgIpc) is 1.38. The van der Waals surface area contributed by atoms with Crippen molar-refractivity contribution >= 4 is 0 Å². The smallest absolute Gasteiger partial charge is 0.0937 e. The minimum absolute atomic E-state index is 0. The van der Waals surface area contributed by atoms with Crippen molar-refractivity contribution in [3.8, 4) is 6.07 Å². The molecule has 0 rings (SSSR count). The Morgan fingerprint density at radius 2 is 2.00 bits per heavy atom. The monoisotopic (exact) mass is 130 g/mol. The maximum Gasteiger partial charge on any atom is 0.0937 e. The number of nitriles is 1. The molecule has 37 valence electrons. The van der Waals surface area contributed by atoms with Crippen molar-refractivity contribution in [2.75, 3.05) is 0 Å². The van der Waals surface area contributed by atoms with Crippen LogP contribution in [0.25, 0.3) is 0 Å². The summed E-state index contributed by atoms with van der Waals surface area (Å²) in [5, 5.41) is 7.79. The molecular formula is C4H5CuN. The van der Waals surface area contributed by atoms with Gasteiger partial charge in [0.2, 0.25) is 0 Å². The van der Waals surface area contributed by atoms with E-state index in [2.05, 4.69) is 6.58 Å². The van der Waals surface area contributed by atoms with E-state index < -0.39 is 0 Å². The molecule has 0 saturated carbocycles. The zero-order chi connectivity index (χ0) is 4.28. The van der Waals surface area contributed by atoms with Gasteiger partial charge in [-0.2, -0.15) is 5.26 Å². The van der Waals surface area contributed by atoms with E-state index in [1.807, 2.05) is 6.07 Å². The zero-order valence-electron chi connectivity index (χ0n) is 3.46. The molecule has 0 aliphatic heterocycles. The standard InChI is InChI=1S/C4H5N.Cu/c1-4(2)3-5;/h1H2,2H3;. The van der Waals surface area contributed by atoms with Crippen molar-refractivity contribution in [1.82, 2.24) is 0 Å². The van der Waals surface area contributed by atoms with E-state index in [1.165, 1.54) is 0 Å². The molecule has 0 aromatic carbocycles. The Kier molecular flexibility index (Phi) is 7.30. The van der Waals surface area contributed by atoms with Crippen LogP contribution >= 0.6 is 0 Å². The van der Waals surface area contributed by atoms with Crippen LogP contribution in [0.1, 0.15) is 6.92 Å². The van der Waals surface area contributed by atoms with E-state index in [0.29, 0.717) is 5.57 Å². The molecular weight excluding hydrogens is 126 g/mol. The molecule has 0 atom stereocenters.